The number of ether oxygens (including phenoxy) is 1. The van der Waals surface area contributed by atoms with Gasteiger partial charge in [-0.25, -0.2) is 0 Å². The lowest BCUT2D eigenvalue weighted by atomic mass is 10.3. The second-order valence-electron chi connectivity index (χ2n) is 2.94. The molecule has 0 bridgehead atoms. The molecule has 0 saturated carbocycles. The first-order valence-electron chi connectivity index (χ1n) is 4.01. The molecule has 0 aromatic rings. The van der Waals surface area contributed by atoms with Gasteiger partial charge in [0.2, 0.25) is 0 Å². The molecule has 68 valence electrons. The van der Waals surface area contributed by atoms with E-state index in [2.05, 4.69) is 0 Å². The van der Waals surface area contributed by atoms with Crippen LogP contribution in [0, 0.1) is 0 Å². The Morgan fingerprint density at radius 3 is 2.33 bits per heavy atom. The fraction of sp³-hybridized carbons (Fsp3) is 0.500. The van der Waals surface area contributed by atoms with Crippen LogP contribution in [0.2, 0.25) is 0 Å². The van der Waals surface area contributed by atoms with E-state index in [1.165, 1.54) is 12.5 Å². The van der Waals surface area contributed by atoms with Crippen molar-refractivity contribution in [1.82, 2.24) is 0 Å². The summed E-state index contributed by atoms with van der Waals surface area (Å²) in [5, 5.41) is 0. The van der Waals surface area contributed by atoms with Crippen LogP contribution in [0.1, 0.15) is 27.7 Å². The van der Waals surface area contributed by atoms with E-state index in [9.17, 15) is 4.79 Å². The van der Waals surface area contributed by atoms with Crippen LogP contribution in [-0.4, -0.2) is 12.1 Å². The molecular formula is C10H16O2. The third-order valence-electron chi connectivity index (χ3n) is 1.16. The van der Waals surface area contributed by atoms with Crippen LogP contribution in [-0.2, 0) is 9.53 Å². The Balaban J connectivity index is 3.83. The van der Waals surface area contributed by atoms with Crippen molar-refractivity contribution in [2.45, 2.75) is 33.8 Å². The fourth-order valence-corrected chi connectivity index (χ4v) is 0.706. The van der Waals surface area contributed by atoms with Crippen LogP contribution in [0.15, 0.2) is 23.8 Å². The first-order chi connectivity index (χ1) is 5.52. The quantitative estimate of drug-likeness (QED) is 0.478. The highest BCUT2D eigenvalue weighted by atomic mass is 16.5. The zero-order valence-corrected chi connectivity index (χ0v) is 8.13. The SMILES string of the molecule is CC(=O)OC(C)/C=C/C=C(C)C. The Labute approximate surface area is 73.9 Å². The summed E-state index contributed by atoms with van der Waals surface area (Å²) < 4.78 is 4.88. The lowest BCUT2D eigenvalue weighted by Gasteiger charge is -2.04. The zero-order chi connectivity index (χ0) is 9.56. The van der Waals surface area contributed by atoms with Crippen molar-refractivity contribution in [2.24, 2.45) is 0 Å². The standard InChI is InChI=1S/C10H16O2/c1-8(2)6-5-7-9(3)12-10(4)11/h5-7,9H,1-4H3/b7-5+. The molecule has 0 aliphatic rings. The molecule has 0 heterocycles. The summed E-state index contributed by atoms with van der Waals surface area (Å²) in [5.74, 6) is -0.246. The molecule has 2 heteroatoms. The molecule has 0 aliphatic carbocycles. The maximum Gasteiger partial charge on any atom is 0.303 e. The van der Waals surface area contributed by atoms with E-state index in [1.54, 1.807) is 0 Å². The van der Waals surface area contributed by atoms with Crippen molar-refractivity contribution < 1.29 is 9.53 Å². The summed E-state index contributed by atoms with van der Waals surface area (Å²) in [6, 6.07) is 0. The van der Waals surface area contributed by atoms with Gasteiger partial charge in [-0.2, -0.15) is 0 Å². The molecule has 0 aromatic heterocycles. The minimum Gasteiger partial charge on any atom is -0.459 e. The summed E-state index contributed by atoms with van der Waals surface area (Å²) in [5.41, 5.74) is 1.22. The number of rotatable bonds is 3. The largest absolute Gasteiger partial charge is 0.459 e. The normalized spacial score (nSPS) is 12.7. The van der Waals surface area contributed by atoms with Crippen LogP contribution in [0.5, 0.6) is 0 Å². The zero-order valence-electron chi connectivity index (χ0n) is 8.13. The number of carbonyl (C=O) groups is 1. The Kier molecular flexibility index (Phi) is 5.09. The first-order valence-corrected chi connectivity index (χ1v) is 4.01. The molecule has 0 saturated heterocycles. The van der Waals surface area contributed by atoms with Crippen molar-refractivity contribution >= 4 is 5.97 Å². The highest BCUT2D eigenvalue weighted by Crippen LogP contribution is 1.95. The van der Waals surface area contributed by atoms with Crippen molar-refractivity contribution in [3.8, 4) is 0 Å². The molecule has 12 heavy (non-hydrogen) atoms. The summed E-state index contributed by atoms with van der Waals surface area (Å²) >= 11 is 0. The topological polar surface area (TPSA) is 26.3 Å². The third-order valence-corrected chi connectivity index (χ3v) is 1.16. The Hall–Kier alpha value is -1.05. The second-order valence-corrected chi connectivity index (χ2v) is 2.94. The van der Waals surface area contributed by atoms with Gasteiger partial charge in [-0.1, -0.05) is 17.7 Å². The minimum atomic E-state index is -0.246. The molecular weight excluding hydrogens is 152 g/mol. The van der Waals surface area contributed by atoms with Crippen molar-refractivity contribution in [2.75, 3.05) is 0 Å². The summed E-state index contributed by atoms with van der Waals surface area (Å²) in [6.45, 7) is 7.27. The van der Waals surface area contributed by atoms with E-state index in [0.29, 0.717) is 0 Å². The van der Waals surface area contributed by atoms with Crippen molar-refractivity contribution in [1.29, 1.82) is 0 Å². The lowest BCUT2D eigenvalue weighted by molar-refractivity contribution is -0.143. The van der Waals surface area contributed by atoms with E-state index < -0.39 is 0 Å². The molecule has 1 unspecified atom stereocenters. The summed E-state index contributed by atoms with van der Waals surface area (Å²) in [4.78, 5) is 10.5. The Morgan fingerprint density at radius 2 is 1.92 bits per heavy atom. The van der Waals surface area contributed by atoms with Gasteiger partial charge < -0.3 is 4.74 Å². The first kappa shape index (κ1) is 11.0. The number of carbonyl (C=O) groups excluding carboxylic acids is 1. The molecule has 2 nitrogen and oxygen atoms in total. The average molecular weight is 168 g/mol. The van der Waals surface area contributed by atoms with E-state index >= 15 is 0 Å². The maximum absolute atomic E-state index is 10.5. The molecule has 0 radical (unpaired) electrons. The average Bonchev–Trinajstić information content (AvgIpc) is 1.84. The van der Waals surface area contributed by atoms with E-state index in [-0.39, 0.29) is 12.1 Å². The van der Waals surface area contributed by atoms with Crippen LogP contribution in [0.4, 0.5) is 0 Å². The highest BCUT2D eigenvalue weighted by Gasteiger charge is 1.97. The molecule has 0 amide bonds. The third kappa shape index (κ3) is 7.06. The number of allylic oxidation sites excluding steroid dienone is 3. The highest BCUT2D eigenvalue weighted by molar-refractivity contribution is 5.66. The van der Waals surface area contributed by atoms with E-state index in [4.69, 9.17) is 4.74 Å². The molecule has 0 aliphatic heterocycles. The smallest absolute Gasteiger partial charge is 0.303 e. The molecule has 0 rings (SSSR count). The van der Waals surface area contributed by atoms with Gasteiger partial charge >= 0.3 is 5.97 Å². The Morgan fingerprint density at radius 1 is 1.33 bits per heavy atom. The Bertz CT molecular complexity index is 198. The second kappa shape index (κ2) is 5.58. The van der Waals surface area contributed by atoms with Gasteiger partial charge in [-0.05, 0) is 26.8 Å². The van der Waals surface area contributed by atoms with E-state index in [1.807, 2.05) is 39.0 Å². The number of esters is 1. The van der Waals surface area contributed by atoms with Crippen molar-refractivity contribution in [3.05, 3.63) is 23.8 Å². The molecule has 0 N–H and O–H groups in total. The summed E-state index contributed by atoms with van der Waals surface area (Å²) in [6.07, 6.45) is 5.57. The predicted molar refractivity (Wildman–Crippen MR) is 49.8 cm³/mol. The predicted octanol–water partition coefficient (Wildman–Crippen LogP) is 2.46. The van der Waals surface area contributed by atoms with Gasteiger partial charge in [-0.15, -0.1) is 0 Å². The molecule has 0 aromatic carbocycles. The monoisotopic (exact) mass is 168 g/mol. The summed E-state index contributed by atoms with van der Waals surface area (Å²) in [7, 11) is 0. The molecule has 0 spiro atoms. The van der Waals surface area contributed by atoms with Gasteiger partial charge in [0.05, 0.1) is 0 Å². The van der Waals surface area contributed by atoms with Crippen LogP contribution in [0.25, 0.3) is 0 Å². The van der Waals surface area contributed by atoms with E-state index in [0.717, 1.165) is 0 Å². The van der Waals surface area contributed by atoms with Gasteiger partial charge in [0, 0.05) is 6.92 Å². The van der Waals surface area contributed by atoms with Gasteiger partial charge in [0.25, 0.3) is 0 Å². The van der Waals surface area contributed by atoms with Crippen LogP contribution in [0.3, 0.4) is 0 Å². The van der Waals surface area contributed by atoms with Crippen LogP contribution >= 0.6 is 0 Å². The minimum absolute atomic E-state index is 0.141. The lowest BCUT2D eigenvalue weighted by Crippen LogP contribution is -2.08. The van der Waals surface area contributed by atoms with Gasteiger partial charge in [0.1, 0.15) is 6.10 Å². The fourth-order valence-electron chi connectivity index (χ4n) is 0.706. The van der Waals surface area contributed by atoms with Gasteiger partial charge in [-0.3, -0.25) is 4.79 Å². The number of hydrogen-bond donors (Lipinski definition) is 0. The maximum atomic E-state index is 10.5. The van der Waals surface area contributed by atoms with Gasteiger partial charge in [0.15, 0.2) is 0 Å². The molecule has 0 fully saturated rings. The number of hydrogen-bond acceptors (Lipinski definition) is 2. The molecule has 1 atom stereocenters. The van der Waals surface area contributed by atoms with Crippen LogP contribution < -0.4 is 0 Å². The van der Waals surface area contributed by atoms with Crippen molar-refractivity contribution in [3.63, 3.8) is 0 Å².